The SMILES string of the molecule is CCOC(=O)NC(=O)SOC. The van der Waals surface area contributed by atoms with Crippen molar-refractivity contribution < 1.29 is 18.5 Å². The van der Waals surface area contributed by atoms with Gasteiger partial charge in [0.25, 0.3) is 0 Å². The summed E-state index contributed by atoms with van der Waals surface area (Å²) >= 11 is 0.535. The zero-order valence-electron chi connectivity index (χ0n) is 6.25. The van der Waals surface area contributed by atoms with E-state index in [-0.39, 0.29) is 6.61 Å². The molecule has 6 heteroatoms. The summed E-state index contributed by atoms with van der Waals surface area (Å²) in [5.41, 5.74) is 0. The Labute approximate surface area is 68.6 Å². The number of carbonyl (C=O) groups excluding carboxylic acids is 2. The molecule has 0 aromatic carbocycles. The third-order valence-corrected chi connectivity index (χ3v) is 1.06. The fourth-order valence-electron chi connectivity index (χ4n) is 0.347. The highest BCUT2D eigenvalue weighted by Crippen LogP contribution is 1.99. The van der Waals surface area contributed by atoms with Gasteiger partial charge >= 0.3 is 11.3 Å². The normalized spacial score (nSPS) is 8.91. The van der Waals surface area contributed by atoms with E-state index in [1.165, 1.54) is 7.11 Å². The van der Waals surface area contributed by atoms with Crippen LogP contribution in [0.3, 0.4) is 0 Å². The van der Waals surface area contributed by atoms with Crippen molar-refractivity contribution in [2.75, 3.05) is 13.7 Å². The topological polar surface area (TPSA) is 64.6 Å². The van der Waals surface area contributed by atoms with Crippen LogP contribution in [0.5, 0.6) is 0 Å². The summed E-state index contributed by atoms with van der Waals surface area (Å²) in [6.07, 6.45) is -0.762. The van der Waals surface area contributed by atoms with E-state index in [9.17, 15) is 9.59 Å². The van der Waals surface area contributed by atoms with Gasteiger partial charge in [-0.25, -0.2) is 10.1 Å². The predicted molar refractivity (Wildman–Crippen MR) is 40.2 cm³/mol. The molecule has 0 aromatic rings. The Hall–Kier alpha value is -0.750. The largest absolute Gasteiger partial charge is 0.450 e. The number of hydrogen-bond acceptors (Lipinski definition) is 5. The van der Waals surface area contributed by atoms with Gasteiger partial charge in [0, 0.05) is 0 Å². The first-order valence-corrected chi connectivity index (χ1v) is 3.63. The smallest absolute Gasteiger partial charge is 0.414 e. The first-order valence-electron chi connectivity index (χ1n) is 2.89. The van der Waals surface area contributed by atoms with Crippen LogP contribution in [0.1, 0.15) is 6.92 Å². The highest BCUT2D eigenvalue weighted by Gasteiger charge is 2.07. The first kappa shape index (κ1) is 10.2. The van der Waals surface area contributed by atoms with Crippen LogP contribution in [0, 0.1) is 0 Å². The minimum atomic E-state index is -0.762. The molecule has 64 valence electrons. The highest BCUT2D eigenvalue weighted by atomic mass is 32.2. The van der Waals surface area contributed by atoms with Crippen LogP contribution in [0.15, 0.2) is 0 Å². The fourth-order valence-corrected chi connectivity index (χ4v) is 0.623. The molecule has 2 amide bonds. The van der Waals surface area contributed by atoms with Crippen LogP contribution in [0.25, 0.3) is 0 Å². The summed E-state index contributed by atoms with van der Waals surface area (Å²) < 4.78 is 8.80. The van der Waals surface area contributed by atoms with E-state index in [2.05, 4.69) is 8.92 Å². The molecule has 0 saturated heterocycles. The van der Waals surface area contributed by atoms with Gasteiger partial charge in [0.2, 0.25) is 0 Å². The average molecular weight is 179 g/mol. The van der Waals surface area contributed by atoms with Gasteiger partial charge in [-0.1, -0.05) is 0 Å². The lowest BCUT2D eigenvalue weighted by Gasteiger charge is -2.00. The lowest BCUT2D eigenvalue weighted by Crippen LogP contribution is -2.27. The maximum absolute atomic E-state index is 10.6. The second-order valence-corrected chi connectivity index (χ2v) is 2.25. The number of imide groups is 1. The van der Waals surface area contributed by atoms with Crippen molar-refractivity contribution in [1.82, 2.24) is 5.32 Å². The number of carbonyl (C=O) groups is 2. The molecule has 0 saturated carbocycles. The third-order valence-electron chi connectivity index (χ3n) is 0.639. The van der Waals surface area contributed by atoms with E-state index < -0.39 is 11.3 Å². The lowest BCUT2D eigenvalue weighted by molar-refractivity contribution is 0.155. The van der Waals surface area contributed by atoms with Crippen molar-refractivity contribution in [3.05, 3.63) is 0 Å². The van der Waals surface area contributed by atoms with E-state index in [1.807, 2.05) is 5.32 Å². The quantitative estimate of drug-likeness (QED) is 0.644. The molecule has 0 heterocycles. The van der Waals surface area contributed by atoms with E-state index in [0.29, 0.717) is 12.0 Å². The number of hydrogen-bond donors (Lipinski definition) is 1. The molecule has 5 nitrogen and oxygen atoms in total. The van der Waals surface area contributed by atoms with Gasteiger partial charge in [0.05, 0.1) is 25.8 Å². The average Bonchev–Trinajstić information content (AvgIpc) is 1.87. The van der Waals surface area contributed by atoms with Crippen LogP contribution in [-0.2, 0) is 8.92 Å². The molecule has 0 fully saturated rings. The summed E-state index contributed by atoms with van der Waals surface area (Å²) in [7, 11) is 1.33. The molecule has 11 heavy (non-hydrogen) atoms. The molecule has 0 bridgehead atoms. The van der Waals surface area contributed by atoms with Crippen LogP contribution in [0.4, 0.5) is 9.59 Å². The Bertz CT molecular complexity index is 133. The van der Waals surface area contributed by atoms with Gasteiger partial charge in [-0.3, -0.25) is 4.79 Å². The molecule has 0 aliphatic carbocycles. The van der Waals surface area contributed by atoms with E-state index in [4.69, 9.17) is 0 Å². The van der Waals surface area contributed by atoms with Gasteiger partial charge in [0.15, 0.2) is 0 Å². The molecule has 0 radical (unpaired) electrons. The van der Waals surface area contributed by atoms with Crippen LogP contribution >= 0.6 is 12.0 Å². The Morgan fingerprint density at radius 2 is 2.18 bits per heavy atom. The van der Waals surface area contributed by atoms with Crippen molar-refractivity contribution in [2.45, 2.75) is 6.92 Å². The first-order chi connectivity index (χ1) is 5.20. The standard InChI is InChI=1S/C5H9NO4S/c1-3-10-4(7)6-5(8)11-9-2/h3H2,1-2H3,(H,6,7,8). The second-order valence-electron chi connectivity index (χ2n) is 1.38. The maximum Gasteiger partial charge on any atom is 0.414 e. The summed E-state index contributed by atoms with van der Waals surface area (Å²) in [5, 5.41) is 1.33. The summed E-state index contributed by atoms with van der Waals surface area (Å²) in [6.45, 7) is 1.88. The van der Waals surface area contributed by atoms with Crippen molar-refractivity contribution in [2.24, 2.45) is 0 Å². The molecule has 0 aliphatic rings. The lowest BCUT2D eigenvalue weighted by atomic mass is 10.9. The number of nitrogens with one attached hydrogen (secondary N) is 1. The van der Waals surface area contributed by atoms with Gasteiger partial charge in [-0.05, 0) is 6.92 Å². The van der Waals surface area contributed by atoms with E-state index in [1.54, 1.807) is 6.92 Å². The molecule has 1 N–H and O–H groups in total. The molecule has 0 spiro atoms. The molecule has 0 aromatic heterocycles. The molecule has 0 atom stereocenters. The number of alkyl carbamates (subject to hydrolysis) is 1. The van der Waals surface area contributed by atoms with Crippen molar-refractivity contribution in [1.29, 1.82) is 0 Å². The molecule has 0 unspecified atom stereocenters. The van der Waals surface area contributed by atoms with Crippen LogP contribution in [-0.4, -0.2) is 25.0 Å². The molecular formula is C5H9NO4S. The molecular weight excluding hydrogens is 170 g/mol. The van der Waals surface area contributed by atoms with Gasteiger partial charge < -0.3 is 8.92 Å². The Morgan fingerprint density at radius 3 is 2.64 bits per heavy atom. The summed E-state index contributed by atoms with van der Waals surface area (Å²) in [6, 6.07) is 0. The third kappa shape index (κ3) is 5.68. The Kier molecular flexibility index (Phi) is 5.58. The van der Waals surface area contributed by atoms with Gasteiger partial charge in [0.1, 0.15) is 0 Å². The summed E-state index contributed by atoms with van der Waals surface area (Å²) in [5.74, 6) is 0. The number of ether oxygens (including phenoxy) is 1. The fraction of sp³-hybridized carbons (Fsp3) is 0.600. The number of amides is 2. The van der Waals surface area contributed by atoms with E-state index in [0.717, 1.165) is 0 Å². The molecule has 0 aliphatic heterocycles. The molecule has 0 rings (SSSR count). The predicted octanol–water partition coefficient (Wildman–Crippen LogP) is 1.15. The highest BCUT2D eigenvalue weighted by molar-refractivity contribution is 8.09. The van der Waals surface area contributed by atoms with Crippen molar-refractivity contribution in [3.8, 4) is 0 Å². The van der Waals surface area contributed by atoms with Crippen LogP contribution in [0.2, 0.25) is 0 Å². The summed E-state index contributed by atoms with van der Waals surface area (Å²) in [4.78, 5) is 21.1. The minimum Gasteiger partial charge on any atom is -0.450 e. The van der Waals surface area contributed by atoms with Crippen molar-refractivity contribution >= 4 is 23.4 Å². The van der Waals surface area contributed by atoms with E-state index >= 15 is 0 Å². The zero-order valence-corrected chi connectivity index (χ0v) is 7.06. The maximum atomic E-state index is 10.6. The van der Waals surface area contributed by atoms with Crippen molar-refractivity contribution in [3.63, 3.8) is 0 Å². The van der Waals surface area contributed by atoms with Gasteiger partial charge in [-0.2, -0.15) is 0 Å². The zero-order chi connectivity index (χ0) is 8.69. The van der Waals surface area contributed by atoms with Crippen LogP contribution < -0.4 is 5.32 Å². The Balaban J connectivity index is 3.49. The van der Waals surface area contributed by atoms with Gasteiger partial charge in [-0.15, -0.1) is 0 Å². The monoisotopic (exact) mass is 179 g/mol. The minimum absolute atomic E-state index is 0.233. The Morgan fingerprint density at radius 1 is 1.55 bits per heavy atom. The number of rotatable bonds is 2. The second kappa shape index (κ2) is 5.99.